The maximum atomic E-state index is 11.8. The summed E-state index contributed by atoms with van der Waals surface area (Å²) in [5.41, 5.74) is -0.767. The maximum absolute atomic E-state index is 11.8. The van der Waals surface area contributed by atoms with E-state index in [1.807, 2.05) is 20.9 Å². The molecule has 1 saturated carbocycles. The molecule has 0 aromatic rings. The molecule has 112 valence electrons. The van der Waals surface area contributed by atoms with Gasteiger partial charge in [-0.1, -0.05) is 20.3 Å². The molecule has 1 aliphatic rings. The van der Waals surface area contributed by atoms with Crippen LogP contribution in [0.5, 0.6) is 0 Å². The molecule has 4 nitrogen and oxygen atoms in total. The van der Waals surface area contributed by atoms with Gasteiger partial charge < -0.3 is 10.0 Å². The predicted molar refractivity (Wildman–Crippen MR) is 78.3 cm³/mol. The van der Waals surface area contributed by atoms with Crippen molar-refractivity contribution >= 4 is 5.97 Å². The molecule has 0 aliphatic heterocycles. The van der Waals surface area contributed by atoms with E-state index in [0.717, 1.165) is 25.8 Å². The van der Waals surface area contributed by atoms with Gasteiger partial charge in [-0.2, -0.15) is 0 Å². The normalized spacial score (nSPS) is 20.6. The minimum Gasteiger partial charge on any atom is -0.480 e. The van der Waals surface area contributed by atoms with E-state index in [4.69, 9.17) is 0 Å². The first-order chi connectivity index (χ1) is 8.81. The molecule has 0 spiro atoms. The number of nitrogens with one attached hydrogen (secondary N) is 1. The van der Waals surface area contributed by atoms with Gasteiger partial charge in [0.2, 0.25) is 0 Å². The highest BCUT2D eigenvalue weighted by Crippen LogP contribution is 2.40. The van der Waals surface area contributed by atoms with Crippen LogP contribution in [-0.2, 0) is 4.79 Å². The molecule has 2 atom stereocenters. The van der Waals surface area contributed by atoms with Crippen LogP contribution in [0.1, 0.15) is 47.0 Å². The first-order valence-corrected chi connectivity index (χ1v) is 7.51. The van der Waals surface area contributed by atoms with Gasteiger partial charge in [-0.25, -0.2) is 0 Å². The van der Waals surface area contributed by atoms with Gasteiger partial charge in [-0.3, -0.25) is 10.1 Å². The van der Waals surface area contributed by atoms with E-state index in [2.05, 4.69) is 24.1 Å². The molecule has 1 rings (SSSR count). The van der Waals surface area contributed by atoms with Gasteiger partial charge in [0.1, 0.15) is 5.54 Å². The van der Waals surface area contributed by atoms with E-state index < -0.39 is 11.5 Å². The third-order valence-corrected chi connectivity index (χ3v) is 4.04. The summed E-state index contributed by atoms with van der Waals surface area (Å²) in [5, 5.41) is 13.1. The summed E-state index contributed by atoms with van der Waals surface area (Å²) in [6, 6.07) is 0.189. The molecular weight excluding hydrogens is 240 g/mol. The Labute approximate surface area is 117 Å². The number of hydrogen-bond donors (Lipinski definition) is 2. The van der Waals surface area contributed by atoms with Gasteiger partial charge in [0, 0.05) is 19.1 Å². The Hall–Kier alpha value is -0.610. The van der Waals surface area contributed by atoms with Crippen molar-refractivity contribution < 1.29 is 9.90 Å². The second-order valence-corrected chi connectivity index (χ2v) is 6.56. The van der Waals surface area contributed by atoms with Crippen LogP contribution in [0.4, 0.5) is 0 Å². The highest BCUT2D eigenvalue weighted by Gasteiger charge is 2.51. The van der Waals surface area contributed by atoms with Gasteiger partial charge in [0.05, 0.1) is 0 Å². The smallest absolute Gasteiger partial charge is 0.325 e. The van der Waals surface area contributed by atoms with Crippen molar-refractivity contribution in [3.05, 3.63) is 0 Å². The van der Waals surface area contributed by atoms with Crippen LogP contribution in [0.25, 0.3) is 0 Å². The Morgan fingerprint density at radius 3 is 2.37 bits per heavy atom. The van der Waals surface area contributed by atoms with Gasteiger partial charge in [0.15, 0.2) is 0 Å². The topological polar surface area (TPSA) is 52.6 Å². The van der Waals surface area contributed by atoms with Crippen molar-refractivity contribution in [2.24, 2.45) is 11.8 Å². The molecule has 0 bridgehead atoms. The first-order valence-electron chi connectivity index (χ1n) is 7.51. The maximum Gasteiger partial charge on any atom is 0.325 e. The highest BCUT2D eigenvalue weighted by atomic mass is 16.4. The summed E-state index contributed by atoms with van der Waals surface area (Å²) in [6.07, 6.45) is 3.19. The first kappa shape index (κ1) is 16.4. The second-order valence-electron chi connectivity index (χ2n) is 6.56. The van der Waals surface area contributed by atoms with Gasteiger partial charge in [-0.15, -0.1) is 0 Å². The Balaban J connectivity index is 2.75. The largest absolute Gasteiger partial charge is 0.480 e. The van der Waals surface area contributed by atoms with Crippen molar-refractivity contribution in [2.45, 2.75) is 58.5 Å². The molecule has 0 aromatic carbocycles. The number of aliphatic carboxylic acids is 1. The van der Waals surface area contributed by atoms with E-state index in [1.165, 1.54) is 0 Å². The fraction of sp³-hybridized carbons (Fsp3) is 0.933. The zero-order chi connectivity index (χ0) is 14.6. The standard InChI is InChI=1S/C15H30N2O2/c1-6-12(4)9-17(5)10-15(14(18)19,13-7-8-13)16-11(2)3/h11-13,16H,6-10H2,1-5H3,(H,18,19). The van der Waals surface area contributed by atoms with Crippen LogP contribution < -0.4 is 5.32 Å². The fourth-order valence-corrected chi connectivity index (χ4v) is 2.84. The molecular formula is C15H30N2O2. The quantitative estimate of drug-likeness (QED) is 0.674. The number of carboxylic acid groups (broad SMARTS) is 1. The van der Waals surface area contributed by atoms with E-state index >= 15 is 0 Å². The number of nitrogens with zero attached hydrogens (tertiary/aromatic N) is 1. The van der Waals surface area contributed by atoms with Crippen molar-refractivity contribution in [1.82, 2.24) is 10.2 Å². The molecule has 1 aliphatic carbocycles. The zero-order valence-electron chi connectivity index (χ0n) is 13.1. The van der Waals surface area contributed by atoms with E-state index in [-0.39, 0.29) is 12.0 Å². The van der Waals surface area contributed by atoms with Crippen molar-refractivity contribution in [2.75, 3.05) is 20.1 Å². The average Bonchev–Trinajstić information content (AvgIpc) is 3.10. The Morgan fingerprint density at radius 1 is 1.42 bits per heavy atom. The monoisotopic (exact) mass is 270 g/mol. The van der Waals surface area contributed by atoms with Crippen molar-refractivity contribution in [3.63, 3.8) is 0 Å². The molecule has 0 saturated heterocycles. The van der Waals surface area contributed by atoms with E-state index in [9.17, 15) is 9.90 Å². The van der Waals surface area contributed by atoms with Crippen LogP contribution in [0.15, 0.2) is 0 Å². The number of likely N-dealkylation sites (N-methyl/N-ethyl adjacent to an activating group) is 1. The molecule has 0 radical (unpaired) electrons. The van der Waals surface area contributed by atoms with Gasteiger partial charge in [0.25, 0.3) is 0 Å². The zero-order valence-corrected chi connectivity index (χ0v) is 13.1. The minimum atomic E-state index is -0.767. The molecule has 0 heterocycles. The lowest BCUT2D eigenvalue weighted by atomic mass is 9.91. The number of hydrogen-bond acceptors (Lipinski definition) is 3. The van der Waals surface area contributed by atoms with Crippen LogP contribution in [0.2, 0.25) is 0 Å². The summed E-state index contributed by atoms with van der Waals surface area (Å²) in [5.74, 6) is 0.196. The lowest BCUT2D eigenvalue weighted by Gasteiger charge is -2.37. The van der Waals surface area contributed by atoms with E-state index in [0.29, 0.717) is 12.5 Å². The summed E-state index contributed by atoms with van der Waals surface area (Å²) in [4.78, 5) is 14.0. The van der Waals surface area contributed by atoms with Gasteiger partial charge >= 0.3 is 5.97 Å². The second kappa shape index (κ2) is 6.71. The van der Waals surface area contributed by atoms with Crippen LogP contribution >= 0.6 is 0 Å². The van der Waals surface area contributed by atoms with Gasteiger partial charge in [-0.05, 0) is 45.6 Å². The fourth-order valence-electron chi connectivity index (χ4n) is 2.84. The number of carboxylic acids is 1. The molecule has 0 aromatic heterocycles. The lowest BCUT2D eigenvalue weighted by molar-refractivity contribution is -0.147. The Kier molecular flexibility index (Phi) is 5.81. The molecule has 1 fully saturated rings. The average molecular weight is 270 g/mol. The molecule has 2 N–H and O–H groups in total. The van der Waals surface area contributed by atoms with Crippen LogP contribution in [-0.4, -0.2) is 47.7 Å². The molecule has 19 heavy (non-hydrogen) atoms. The minimum absolute atomic E-state index is 0.189. The lowest BCUT2D eigenvalue weighted by Crippen LogP contribution is -2.62. The number of rotatable bonds is 9. The highest BCUT2D eigenvalue weighted by molar-refractivity contribution is 5.80. The molecule has 4 heteroatoms. The third kappa shape index (κ3) is 4.46. The predicted octanol–water partition coefficient (Wildman–Crippen LogP) is 2.20. The summed E-state index contributed by atoms with van der Waals surface area (Å²) in [6.45, 7) is 9.99. The van der Waals surface area contributed by atoms with Crippen LogP contribution in [0, 0.1) is 11.8 Å². The number of carbonyl (C=O) groups is 1. The summed E-state index contributed by atoms with van der Waals surface area (Å²) in [7, 11) is 2.04. The van der Waals surface area contributed by atoms with Crippen LogP contribution in [0.3, 0.4) is 0 Å². The summed E-state index contributed by atoms with van der Waals surface area (Å²) >= 11 is 0. The SMILES string of the molecule is CCC(C)CN(C)CC(NC(C)C)(C(=O)O)C1CC1. The van der Waals surface area contributed by atoms with Crippen molar-refractivity contribution in [3.8, 4) is 0 Å². The third-order valence-electron chi connectivity index (χ3n) is 4.04. The molecule has 2 unspecified atom stereocenters. The van der Waals surface area contributed by atoms with E-state index in [1.54, 1.807) is 0 Å². The Morgan fingerprint density at radius 2 is 2.00 bits per heavy atom. The summed E-state index contributed by atoms with van der Waals surface area (Å²) < 4.78 is 0. The molecule has 0 amide bonds. The Bertz CT molecular complexity index is 303. The van der Waals surface area contributed by atoms with Crippen molar-refractivity contribution in [1.29, 1.82) is 0 Å².